The summed E-state index contributed by atoms with van der Waals surface area (Å²) in [4.78, 5) is 10.9. The van der Waals surface area contributed by atoms with Crippen LogP contribution in [0.5, 0.6) is 0 Å². The molecule has 1 heterocycles. The average Bonchev–Trinajstić information content (AvgIpc) is 2.98. The molecule has 17 heavy (non-hydrogen) atoms. The van der Waals surface area contributed by atoms with Crippen LogP contribution in [0.4, 0.5) is 0 Å². The zero-order valence-corrected chi connectivity index (χ0v) is 11.7. The van der Waals surface area contributed by atoms with Crippen LogP contribution in [0.25, 0.3) is 0 Å². The van der Waals surface area contributed by atoms with Crippen LogP contribution in [-0.2, 0) is 9.53 Å². The van der Waals surface area contributed by atoms with Crippen LogP contribution in [0.1, 0.15) is 25.7 Å². The molecule has 2 rings (SSSR count). The first-order chi connectivity index (χ1) is 8.31. The molecule has 2 atom stereocenters. The highest BCUT2D eigenvalue weighted by molar-refractivity contribution is 8.20. The van der Waals surface area contributed by atoms with Gasteiger partial charge in [0.25, 0.3) is 0 Å². The number of hydrogen-bond donors (Lipinski definition) is 0. The van der Waals surface area contributed by atoms with Gasteiger partial charge in [-0.2, -0.15) is 0 Å². The summed E-state index contributed by atoms with van der Waals surface area (Å²) in [5, 5.41) is 0. The van der Waals surface area contributed by atoms with Gasteiger partial charge in [0.05, 0.1) is 11.7 Å². The SMILES string of the molecule is COC(=O)C#CCC1CCCC1C1SCCS1. The van der Waals surface area contributed by atoms with Crippen molar-refractivity contribution >= 4 is 29.5 Å². The highest BCUT2D eigenvalue weighted by Gasteiger charge is 2.35. The summed E-state index contributed by atoms with van der Waals surface area (Å²) < 4.78 is 5.30. The van der Waals surface area contributed by atoms with Gasteiger partial charge < -0.3 is 4.74 Å². The van der Waals surface area contributed by atoms with Crippen molar-refractivity contribution in [2.75, 3.05) is 18.6 Å². The lowest BCUT2D eigenvalue weighted by molar-refractivity contribution is -0.133. The molecule has 0 spiro atoms. The molecule has 0 aromatic carbocycles. The van der Waals surface area contributed by atoms with Crippen molar-refractivity contribution in [2.45, 2.75) is 30.3 Å². The van der Waals surface area contributed by atoms with Crippen molar-refractivity contribution in [3.8, 4) is 11.8 Å². The van der Waals surface area contributed by atoms with Gasteiger partial charge in [-0.1, -0.05) is 12.3 Å². The van der Waals surface area contributed by atoms with E-state index >= 15 is 0 Å². The Hall–Kier alpha value is -0.270. The summed E-state index contributed by atoms with van der Waals surface area (Å²) >= 11 is 4.22. The Bertz CT molecular complexity index is 326. The topological polar surface area (TPSA) is 26.3 Å². The van der Waals surface area contributed by atoms with E-state index in [1.807, 2.05) is 0 Å². The molecule has 2 nitrogen and oxygen atoms in total. The second kappa shape index (κ2) is 6.61. The van der Waals surface area contributed by atoms with E-state index in [-0.39, 0.29) is 0 Å². The van der Waals surface area contributed by atoms with E-state index in [2.05, 4.69) is 40.1 Å². The molecule has 2 aliphatic rings. The number of esters is 1. The van der Waals surface area contributed by atoms with E-state index in [1.165, 1.54) is 37.9 Å². The maximum atomic E-state index is 10.9. The molecule has 0 aromatic rings. The van der Waals surface area contributed by atoms with E-state index in [1.54, 1.807) is 0 Å². The van der Waals surface area contributed by atoms with Gasteiger partial charge in [-0.3, -0.25) is 0 Å². The predicted molar refractivity (Wildman–Crippen MR) is 73.9 cm³/mol. The number of thioether (sulfide) groups is 2. The Kier molecular flexibility index (Phi) is 5.12. The quantitative estimate of drug-likeness (QED) is 0.438. The first-order valence-corrected chi connectivity index (χ1v) is 8.21. The molecule has 1 saturated heterocycles. The van der Waals surface area contributed by atoms with Crippen LogP contribution < -0.4 is 0 Å². The molecule has 4 heteroatoms. The standard InChI is InChI=1S/C13H18O2S2/c1-15-12(14)7-3-5-10-4-2-6-11(10)13-16-8-9-17-13/h10-11,13H,2,4-6,8-9H2,1H3. The number of carbonyl (C=O) groups excluding carboxylic acids is 1. The Morgan fingerprint density at radius 2 is 2.12 bits per heavy atom. The highest BCUT2D eigenvalue weighted by atomic mass is 32.2. The van der Waals surface area contributed by atoms with Crippen molar-refractivity contribution in [1.29, 1.82) is 0 Å². The highest BCUT2D eigenvalue weighted by Crippen LogP contribution is 2.47. The molecule has 1 aliphatic heterocycles. The normalized spacial score (nSPS) is 28.8. The third-order valence-electron chi connectivity index (χ3n) is 3.46. The van der Waals surface area contributed by atoms with Crippen LogP contribution in [0.3, 0.4) is 0 Å². The molecular formula is C13H18O2S2. The third-order valence-corrected chi connectivity index (χ3v) is 6.77. The van der Waals surface area contributed by atoms with E-state index in [0.717, 1.165) is 16.9 Å². The van der Waals surface area contributed by atoms with Crippen molar-refractivity contribution in [1.82, 2.24) is 0 Å². The molecule has 1 saturated carbocycles. The molecule has 0 amide bonds. The molecule has 2 unspecified atom stereocenters. The van der Waals surface area contributed by atoms with Crippen LogP contribution in [0.2, 0.25) is 0 Å². The largest absolute Gasteiger partial charge is 0.459 e. The van der Waals surface area contributed by atoms with E-state index in [0.29, 0.717) is 5.92 Å². The number of ether oxygens (including phenoxy) is 1. The predicted octanol–water partition coefficient (Wildman–Crippen LogP) is 2.78. The Balaban J connectivity index is 1.85. The number of hydrogen-bond acceptors (Lipinski definition) is 4. The van der Waals surface area contributed by atoms with Gasteiger partial charge in [0.1, 0.15) is 0 Å². The minimum Gasteiger partial charge on any atom is -0.459 e. The smallest absolute Gasteiger partial charge is 0.384 e. The van der Waals surface area contributed by atoms with Crippen molar-refractivity contribution < 1.29 is 9.53 Å². The first kappa shape index (κ1) is 13.2. The van der Waals surface area contributed by atoms with Crippen LogP contribution in [0, 0.1) is 23.7 Å². The first-order valence-electron chi connectivity index (χ1n) is 6.11. The average molecular weight is 270 g/mol. The van der Waals surface area contributed by atoms with E-state index < -0.39 is 5.97 Å². The summed E-state index contributed by atoms with van der Waals surface area (Å²) in [6.07, 6.45) is 4.80. The molecule has 94 valence electrons. The van der Waals surface area contributed by atoms with Crippen LogP contribution >= 0.6 is 23.5 Å². The van der Waals surface area contributed by atoms with Crippen molar-refractivity contribution in [3.63, 3.8) is 0 Å². The molecular weight excluding hydrogens is 252 g/mol. The van der Waals surface area contributed by atoms with Gasteiger partial charge >= 0.3 is 5.97 Å². The van der Waals surface area contributed by atoms with E-state index in [4.69, 9.17) is 0 Å². The van der Waals surface area contributed by atoms with Gasteiger partial charge in [-0.05, 0) is 24.7 Å². The van der Waals surface area contributed by atoms with Gasteiger partial charge in [0.2, 0.25) is 0 Å². The number of rotatable bonds is 2. The van der Waals surface area contributed by atoms with Crippen LogP contribution in [-0.4, -0.2) is 29.2 Å². The maximum Gasteiger partial charge on any atom is 0.384 e. The van der Waals surface area contributed by atoms with Crippen molar-refractivity contribution in [2.24, 2.45) is 11.8 Å². The van der Waals surface area contributed by atoms with Crippen LogP contribution in [0.15, 0.2) is 0 Å². The minimum atomic E-state index is -0.413. The second-order valence-electron chi connectivity index (χ2n) is 4.46. The fraction of sp³-hybridized carbons (Fsp3) is 0.769. The Morgan fingerprint density at radius 3 is 2.82 bits per heavy atom. The third kappa shape index (κ3) is 3.59. The number of methoxy groups -OCH3 is 1. The lowest BCUT2D eigenvalue weighted by Gasteiger charge is -2.22. The maximum absolute atomic E-state index is 10.9. The zero-order valence-electron chi connectivity index (χ0n) is 10.1. The van der Waals surface area contributed by atoms with Gasteiger partial charge in [0.15, 0.2) is 0 Å². The Morgan fingerprint density at radius 1 is 1.35 bits per heavy atom. The monoisotopic (exact) mass is 270 g/mol. The fourth-order valence-corrected chi connectivity index (χ4v) is 6.01. The summed E-state index contributed by atoms with van der Waals surface area (Å²) in [5.41, 5.74) is 0. The Labute approximate surface area is 112 Å². The fourth-order valence-electron chi connectivity index (χ4n) is 2.61. The van der Waals surface area contributed by atoms with Gasteiger partial charge in [-0.25, -0.2) is 4.79 Å². The molecule has 2 fully saturated rings. The van der Waals surface area contributed by atoms with Crippen molar-refractivity contribution in [3.05, 3.63) is 0 Å². The molecule has 0 N–H and O–H groups in total. The molecule has 0 aromatic heterocycles. The lowest BCUT2D eigenvalue weighted by Crippen LogP contribution is -2.16. The molecule has 1 aliphatic carbocycles. The molecule has 0 bridgehead atoms. The van der Waals surface area contributed by atoms with Gasteiger partial charge in [0, 0.05) is 23.8 Å². The lowest BCUT2D eigenvalue weighted by atomic mass is 9.94. The second-order valence-corrected chi connectivity index (χ2v) is 7.26. The van der Waals surface area contributed by atoms with E-state index in [9.17, 15) is 4.79 Å². The summed E-state index contributed by atoms with van der Waals surface area (Å²) in [5.74, 6) is 9.21. The number of carbonyl (C=O) groups is 1. The van der Waals surface area contributed by atoms with Gasteiger partial charge in [-0.15, -0.1) is 23.5 Å². The molecule has 0 radical (unpaired) electrons. The minimum absolute atomic E-state index is 0.413. The zero-order chi connectivity index (χ0) is 12.1. The summed E-state index contributed by atoms with van der Waals surface area (Å²) in [6.45, 7) is 0. The summed E-state index contributed by atoms with van der Waals surface area (Å²) in [7, 11) is 1.38. The summed E-state index contributed by atoms with van der Waals surface area (Å²) in [6, 6.07) is 0.